The summed E-state index contributed by atoms with van der Waals surface area (Å²) in [7, 11) is 0. The molecule has 2 amide bonds. The number of likely N-dealkylation sites (tertiary alicyclic amines) is 1. The molecule has 0 radical (unpaired) electrons. The van der Waals surface area contributed by atoms with Crippen molar-refractivity contribution in [2.75, 3.05) is 31.1 Å². The molecule has 2 N–H and O–H groups in total. The summed E-state index contributed by atoms with van der Waals surface area (Å²) in [6, 6.07) is 13.2. The summed E-state index contributed by atoms with van der Waals surface area (Å²) in [5.74, 6) is -0.831. The van der Waals surface area contributed by atoms with E-state index in [4.69, 9.17) is 11.0 Å². The van der Waals surface area contributed by atoms with Gasteiger partial charge in [0.1, 0.15) is 0 Å². The number of nitriles is 1. The van der Waals surface area contributed by atoms with Crippen LogP contribution >= 0.6 is 0 Å². The van der Waals surface area contributed by atoms with Gasteiger partial charge < -0.3 is 15.5 Å². The Morgan fingerprint density at radius 3 is 2.33 bits per heavy atom. The fraction of sp³-hybridized carbons (Fsp3) is 0.444. The number of primary amides is 1. The number of anilines is 1. The van der Waals surface area contributed by atoms with E-state index >= 15 is 0 Å². The number of nitrogens with two attached hydrogens (primary N) is 1. The van der Waals surface area contributed by atoms with E-state index in [0.29, 0.717) is 44.7 Å². The quantitative estimate of drug-likeness (QED) is 0.677. The predicted octanol–water partition coefficient (Wildman–Crippen LogP) is 3.90. The molecule has 0 aliphatic carbocycles. The van der Waals surface area contributed by atoms with Crippen LogP contribution in [0, 0.1) is 36.0 Å². The molecule has 2 atom stereocenters. The molecular weight excluding hydrogens is 469 g/mol. The number of benzene rings is 2. The fourth-order valence-corrected chi connectivity index (χ4v) is 5.45. The summed E-state index contributed by atoms with van der Waals surface area (Å²) >= 11 is 0. The topological polar surface area (TPSA) is 90.4 Å². The van der Waals surface area contributed by atoms with Crippen LogP contribution in [0.5, 0.6) is 0 Å². The minimum absolute atomic E-state index is 0.0395. The molecule has 190 valence electrons. The first kappa shape index (κ1) is 25.5. The van der Waals surface area contributed by atoms with E-state index in [9.17, 15) is 22.8 Å². The van der Waals surface area contributed by atoms with Gasteiger partial charge in [-0.1, -0.05) is 29.8 Å². The predicted molar refractivity (Wildman–Crippen MR) is 129 cm³/mol. The highest BCUT2D eigenvalue weighted by Gasteiger charge is 2.43. The zero-order chi connectivity index (χ0) is 26.0. The Bertz CT molecular complexity index is 1170. The second kappa shape index (κ2) is 10.2. The van der Waals surface area contributed by atoms with Crippen molar-refractivity contribution in [1.29, 1.82) is 5.26 Å². The highest BCUT2D eigenvalue weighted by atomic mass is 19.4. The molecule has 0 unspecified atom stereocenters. The molecule has 0 saturated carbocycles. The molecule has 2 aromatic carbocycles. The van der Waals surface area contributed by atoms with Crippen molar-refractivity contribution in [3.8, 4) is 6.07 Å². The first-order valence-corrected chi connectivity index (χ1v) is 12.1. The number of aryl methyl sites for hydroxylation is 1. The number of carbonyl (C=O) groups excluding carboxylic acids is 2. The monoisotopic (exact) mass is 498 g/mol. The van der Waals surface area contributed by atoms with Crippen molar-refractivity contribution in [2.24, 2.45) is 23.5 Å². The minimum atomic E-state index is -4.60. The Labute approximate surface area is 208 Å². The highest BCUT2D eigenvalue weighted by Crippen LogP contribution is 2.39. The third kappa shape index (κ3) is 5.48. The molecule has 2 aliphatic rings. The number of piperidine rings is 1. The lowest BCUT2D eigenvalue weighted by Crippen LogP contribution is -2.40. The van der Waals surface area contributed by atoms with Gasteiger partial charge >= 0.3 is 6.18 Å². The van der Waals surface area contributed by atoms with Crippen molar-refractivity contribution < 1.29 is 22.8 Å². The van der Waals surface area contributed by atoms with E-state index in [2.05, 4.69) is 0 Å². The summed E-state index contributed by atoms with van der Waals surface area (Å²) in [5.41, 5.74) is 6.83. The Kier molecular flexibility index (Phi) is 7.25. The molecular formula is C27H29F3N4O2. The van der Waals surface area contributed by atoms with Crippen molar-refractivity contribution in [2.45, 2.75) is 32.4 Å². The third-order valence-corrected chi connectivity index (χ3v) is 7.50. The Hall–Kier alpha value is -3.54. The second-order valence-electron chi connectivity index (χ2n) is 9.80. The molecule has 0 bridgehead atoms. The molecule has 4 rings (SSSR count). The van der Waals surface area contributed by atoms with E-state index in [-0.39, 0.29) is 24.2 Å². The van der Waals surface area contributed by atoms with Gasteiger partial charge in [0.2, 0.25) is 11.8 Å². The third-order valence-electron chi connectivity index (χ3n) is 7.50. The van der Waals surface area contributed by atoms with Crippen LogP contribution in [-0.2, 0) is 22.2 Å². The van der Waals surface area contributed by atoms with Gasteiger partial charge in [-0.2, -0.15) is 18.4 Å². The van der Waals surface area contributed by atoms with Gasteiger partial charge in [-0.3, -0.25) is 9.59 Å². The van der Waals surface area contributed by atoms with Gasteiger partial charge in [-0.25, -0.2) is 0 Å². The lowest BCUT2D eigenvalue weighted by Gasteiger charge is -2.37. The molecule has 2 fully saturated rings. The maximum Gasteiger partial charge on any atom is 0.417 e. The average Bonchev–Trinajstić information content (AvgIpc) is 3.31. The largest absolute Gasteiger partial charge is 0.417 e. The first-order valence-electron chi connectivity index (χ1n) is 12.1. The van der Waals surface area contributed by atoms with Crippen LogP contribution in [0.4, 0.5) is 18.9 Å². The van der Waals surface area contributed by atoms with E-state index in [1.165, 1.54) is 6.07 Å². The molecule has 9 heteroatoms. The van der Waals surface area contributed by atoms with Crippen molar-refractivity contribution in [3.05, 3.63) is 64.7 Å². The zero-order valence-corrected chi connectivity index (χ0v) is 20.1. The maximum atomic E-state index is 13.4. The first-order chi connectivity index (χ1) is 17.1. The molecule has 6 nitrogen and oxygen atoms in total. The summed E-state index contributed by atoms with van der Waals surface area (Å²) in [4.78, 5) is 28.8. The lowest BCUT2D eigenvalue weighted by molar-refractivity contribution is -0.137. The minimum Gasteiger partial charge on any atom is -0.372 e. The Morgan fingerprint density at radius 2 is 1.75 bits per heavy atom. The zero-order valence-electron chi connectivity index (χ0n) is 20.1. The van der Waals surface area contributed by atoms with Gasteiger partial charge in [0.25, 0.3) is 0 Å². The standard InChI is InChI=1S/C27H29F3N4O2/c1-17-2-4-18(5-3-17)12-25(35)34-15-22(23(16-34)26(32)36)19-8-10-33(11-9-19)21-7-6-20(14-31)24(13-21)27(28,29)30/h2-7,13,19,22-23H,8-12,15-16H2,1H3,(H2,32,36)/t22-,23+/m0/s1. The van der Waals surface area contributed by atoms with Crippen LogP contribution in [-0.4, -0.2) is 42.9 Å². The smallest absolute Gasteiger partial charge is 0.372 e. The normalized spacial score (nSPS) is 20.9. The van der Waals surface area contributed by atoms with Crippen LogP contribution in [0.15, 0.2) is 42.5 Å². The van der Waals surface area contributed by atoms with E-state index in [1.54, 1.807) is 17.0 Å². The number of rotatable bonds is 5. The molecule has 2 aromatic rings. The van der Waals surface area contributed by atoms with Crippen molar-refractivity contribution in [3.63, 3.8) is 0 Å². The van der Waals surface area contributed by atoms with E-state index < -0.39 is 29.1 Å². The number of carbonyl (C=O) groups is 2. The number of hydrogen-bond donors (Lipinski definition) is 1. The average molecular weight is 499 g/mol. The number of halogens is 3. The number of amides is 2. The highest BCUT2D eigenvalue weighted by molar-refractivity contribution is 5.82. The number of hydrogen-bond acceptors (Lipinski definition) is 4. The van der Waals surface area contributed by atoms with Gasteiger partial charge in [-0.15, -0.1) is 0 Å². The van der Waals surface area contributed by atoms with E-state index in [1.807, 2.05) is 36.1 Å². The fourth-order valence-electron chi connectivity index (χ4n) is 5.45. The van der Waals surface area contributed by atoms with Gasteiger partial charge in [0.15, 0.2) is 0 Å². The van der Waals surface area contributed by atoms with Crippen LogP contribution in [0.1, 0.15) is 35.1 Å². The molecule has 0 aromatic heterocycles. The van der Waals surface area contributed by atoms with Gasteiger partial charge in [0, 0.05) is 31.9 Å². The molecule has 2 heterocycles. The van der Waals surface area contributed by atoms with Crippen molar-refractivity contribution in [1.82, 2.24) is 4.90 Å². The number of nitrogens with zero attached hydrogens (tertiary/aromatic N) is 3. The molecule has 0 spiro atoms. The van der Waals surface area contributed by atoms with E-state index in [0.717, 1.165) is 17.2 Å². The summed E-state index contributed by atoms with van der Waals surface area (Å²) < 4.78 is 40.1. The summed E-state index contributed by atoms with van der Waals surface area (Å²) in [6.07, 6.45) is -2.99. The van der Waals surface area contributed by atoms with Gasteiger partial charge in [-0.05, 0) is 55.4 Å². The lowest BCUT2D eigenvalue weighted by atomic mass is 9.78. The van der Waals surface area contributed by atoms with Crippen LogP contribution in [0.25, 0.3) is 0 Å². The Morgan fingerprint density at radius 1 is 1.08 bits per heavy atom. The van der Waals surface area contributed by atoms with Gasteiger partial charge in [0.05, 0.1) is 29.5 Å². The maximum absolute atomic E-state index is 13.4. The molecule has 36 heavy (non-hydrogen) atoms. The number of alkyl halides is 3. The van der Waals surface area contributed by atoms with Crippen LogP contribution in [0.2, 0.25) is 0 Å². The van der Waals surface area contributed by atoms with Crippen molar-refractivity contribution >= 4 is 17.5 Å². The molecule has 2 aliphatic heterocycles. The molecule has 2 saturated heterocycles. The van der Waals surface area contributed by atoms with Crippen LogP contribution < -0.4 is 10.6 Å². The van der Waals surface area contributed by atoms with Crippen LogP contribution in [0.3, 0.4) is 0 Å². The SMILES string of the molecule is Cc1ccc(CC(=O)N2C[C@@H](C(N)=O)[C@H](C3CCN(c4ccc(C#N)c(C(F)(F)F)c4)CC3)C2)cc1. The summed E-state index contributed by atoms with van der Waals surface area (Å²) in [5, 5.41) is 9.03. The second-order valence-corrected chi connectivity index (χ2v) is 9.80. The Balaban J connectivity index is 1.42. The summed E-state index contributed by atoms with van der Waals surface area (Å²) in [6.45, 7) is 3.78.